The lowest BCUT2D eigenvalue weighted by Crippen LogP contribution is -2.19. The summed E-state index contributed by atoms with van der Waals surface area (Å²) < 4.78 is 5.07. The van der Waals surface area contributed by atoms with Crippen LogP contribution in [0.2, 0.25) is 0 Å². The quantitative estimate of drug-likeness (QED) is 0.633. The second-order valence-corrected chi connectivity index (χ2v) is 5.20. The number of hydrogen-bond acceptors (Lipinski definition) is 6. The zero-order valence-corrected chi connectivity index (χ0v) is 13.5. The average Bonchev–Trinajstić information content (AvgIpc) is 2.61. The van der Waals surface area contributed by atoms with Crippen molar-refractivity contribution in [3.8, 4) is 5.75 Å². The summed E-state index contributed by atoms with van der Waals surface area (Å²) in [6.45, 7) is 1.65. The van der Waals surface area contributed by atoms with Crippen LogP contribution in [0.25, 0.3) is 0 Å². The highest BCUT2D eigenvalue weighted by Crippen LogP contribution is 2.30. The van der Waals surface area contributed by atoms with Crippen molar-refractivity contribution in [1.82, 2.24) is 0 Å². The van der Waals surface area contributed by atoms with E-state index >= 15 is 0 Å². The van der Waals surface area contributed by atoms with E-state index in [4.69, 9.17) is 4.74 Å². The lowest BCUT2D eigenvalue weighted by Gasteiger charge is -2.14. The van der Waals surface area contributed by atoms with Crippen molar-refractivity contribution in [2.24, 2.45) is 0 Å². The number of nitrogens with one attached hydrogen (secondary N) is 1. The summed E-state index contributed by atoms with van der Waals surface area (Å²) in [6.07, 6.45) is 0. The fourth-order valence-corrected chi connectivity index (χ4v) is 2.17. The summed E-state index contributed by atoms with van der Waals surface area (Å²) in [5, 5.41) is 24.1. The first-order chi connectivity index (χ1) is 11.8. The molecule has 0 aliphatic rings. The van der Waals surface area contributed by atoms with E-state index in [0.29, 0.717) is 11.3 Å². The number of non-ortho nitro benzene ring substituents is 2. The van der Waals surface area contributed by atoms with Crippen molar-refractivity contribution < 1.29 is 19.4 Å². The number of nitrogens with zero attached hydrogens (tertiary/aromatic N) is 2. The minimum Gasteiger partial charge on any atom is -0.494 e. The smallest absolute Gasteiger partial charge is 0.273 e. The van der Waals surface area contributed by atoms with Gasteiger partial charge in [-0.3, -0.25) is 25.0 Å². The number of carbonyl (C=O) groups is 1. The first kappa shape index (κ1) is 17.9. The van der Waals surface area contributed by atoms with Gasteiger partial charge >= 0.3 is 0 Å². The van der Waals surface area contributed by atoms with Crippen LogP contribution < -0.4 is 10.1 Å². The van der Waals surface area contributed by atoms with E-state index in [1.807, 2.05) is 0 Å². The fourth-order valence-electron chi connectivity index (χ4n) is 2.17. The van der Waals surface area contributed by atoms with Crippen molar-refractivity contribution in [2.45, 2.75) is 12.8 Å². The number of amides is 1. The van der Waals surface area contributed by atoms with Gasteiger partial charge in [-0.15, -0.1) is 0 Å². The molecule has 0 unspecified atom stereocenters. The lowest BCUT2D eigenvalue weighted by molar-refractivity contribution is -0.385. The number of benzene rings is 2. The average molecular weight is 345 g/mol. The summed E-state index contributed by atoms with van der Waals surface area (Å²) in [5.41, 5.74) is 0.683. The number of rotatable bonds is 6. The fraction of sp³-hybridized carbons (Fsp3) is 0.188. The Balaban J connectivity index is 2.18. The lowest BCUT2D eigenvalue weighted by atomic mass is 10.00. The minimum absolute atomic E-state index is 0.0617. The van der Waals surface area contributed by atoms with Gasteiger partial charge in [-0.2, -0.15) is 0 Å². The van der Waals surface area contributed by atoms with Gasteiger partial charge in [0, 0.05) is 18.2 Å². The van der Waals surface area contributed by atoms with Crippen molar-refractivity contribution >= 4 is 23.0 Å². The highest BCUT2D eigenvalue weighted by Gasteiger charge is 2.19. The molecule has 0 saturated heterocycles. The molecule has 2 rings (SSSR count). The van der Waals surface area contributed by atoms with Crippen molar-refractivity contribution in [3.05, 3.63) is 68.3 Å². The largest absolute Gasteiger partial charge is 0.494 e. The van der Waals surface area contributed by atoms with E-state index in [1.165, 1.54) is 49.6 Å². The molecule has 1 amide bonds. The molecule has 2 aromatic rings. The van der Waals surface area contributed by atoms with E-state index in [9.17, 15) is 25.0 Å². The number of ether oxygens (including phenoxy) is 1. The van der Waals surface area contributed by atoms with Gasteiger partial charge < -0.3 is 10.1 Å². The second kappa shape index (κ2) is 7.39. The molecule has 0 aliphatic heterocycles. The van der Waals surface area contributed by atoms with Crippen LogP contribution in [-0.2, 0) is 4.79 Å². The van der Waals surface area contributed by atoms with Crippen LogP contribution in [-0.4, -0.2) is 22.9 Å². The maximum Gasteiger partial charge on any atom is 0.273 e. The molecule has 0 saturated carbocycles. The SMILES string of the molecule is COc1cc([N+](=O)[O-])ccc1NC(=O)[C@H](C)c1ccc([N+](=O)[O-])cc1. The van der Waals surface area contributed by atoms with Crippen molar-refractivity contribution in [2.75, 3.05) is 12.4 Å². The molecule has 130 valence electrons. The third-order valence-corrected chi connectivity index (χ3v) is 3.65. The molecule has 0 bridgehead atoms. The number of hydrogen-bond donors (Lipinski definition) is 1. The van der Waals surface area contributed by atoms with Gasteiger partial charge in [-0.25, -0.2) is 0 Å². The highest BCUT2D eigenvalue weighted by molar-refractivity contribution is 5.97. The molecule has 2 aromatic carbocycles. The third kappa shape index (κ3) is 4.08. The van der Waals surface area contributed by atoms with E-state index in [-0.39, 0.29) is 23.0 Å². The van der Waals surface area contributed by atoms with Gasteiger partial charge in [-0.05, 0) is 18.6 Å². The van der Waals surface area contributed by atoms with E-state index < -0.39 is 15.8 Å². The van der Waals surface area contributed by atoms with Crippen LogP contribution in [0, 0.1) is 20.2 Å². The first-order valence-corrected chi connectivity index (χ1v) is 7.21. The van der Waals surface area contributed by atoms with Crippen LogP contribution in [0.5, 0.6) is 5.75 Å². The molecule has 0 fully saturated rings. The van der Waals surface area contributed by atoms with Gasteiger partial charge in [0.05, 0.1) is 34.6 Å². The number of anilines is 1. The number of methoxy groups -OCH3 is 1. The Morgan fingerprint density at radius 3 is 2.12 bits per heavy atom. The molecule has 1 atom stereocenters. The van der Waals surface area contributed by atoms with E-state index in [0.717, 1.165) is 0 Å². The monoisotopic (exact) mass is 345 g/mol. The predicted octanol–water partition coefficient (Wildman–Crippen LogP) is 3.25. The summed E-state index contributed by atoms with van der Waals surface area (Å²) in [6, 6.07) is 9.53. The Labute approximate surface area is 142 Å². The van der Waals surface area contributed by atoms with Crippen LogP contribution >= 0.6 is 0 Å². The normalized spacial score (nSPS) is 11.4. The summed E-state index contributed by atoms with van der Waals surface area (Å²) in [4.78, 5) is 32.8. The second-order valence-electron chi connectivity index (χ2n) is 5.20. The molecule has 0 aliphatic carbocycles. The molecule has 9 heteroatoms. The molecule has 0 radical (unpaired) electrons. The Kier molecular flexibility index (Phi) is 5.28. The predicted molar refractivity (Wildman–Crippen MR) is 89.8 cm³/mol. The van der Waals surface area contributed by atoms with Gasteiger partial charge in [0.15, 0.2) is 0 Å². The highest BCUT2D eigenvalue weighted by atomic mass is 16.6. The summed E-state index contributed by atoms with van der Waals surface area (Å²) >= 11 is 0. The van der Waals surface area contributed by atoms with Crippen LogP contribution in [0.1, 0.15) is 18.4 Å². The molecule has 9 nitrogen and oxygen atoms in total. The van der Waals surface area contributed by atoms with Gasteiger partial charge in [0.2, 0.25) is 5.91 Å². The molecular weight excluding hydrogens is 330 g/mol. The molecule has 0 heterocycles. The molecular formula is C16H15N3O6. The molecule has 0 spiro atoms. The van der Waals surface area contributed by atoms with E-state index in [1.54, 1.807) is 6.92 Å². The zero-order chi connectivity index (χ0) is 18.6. The molecule has 25 heavy (non-hydrogen) atoms. The van der Waals surface area contributed by atoms with Gasteiger partial charge in [-0.1, -0.05) is 12.1 Å². The topological polar surface area (TPSA) is 125 Å². The Morgan fingerprint density at radius 1 is 1.04 bits per heavy atom. The van der Waals surface area contributed by atoms with Crippen LogP contribution in [0.15, 0.2) is 42.5 Å². The van der Waals surface area contributed by atoms with Crippen LogP contribution in [0.3, 0.4) is 0 Å². The van der Waals surface area contributed by atoms with Crippen molar-refractivity contribution in [1.29, 1.82) is 0 Å². The Bertz CT molecular complexity index is 819. The third-order valence-electron chi connectivity index (χ3n) is 3.65. The Morgan fingerprint density at radius 2 is 1.60 bits per heavy atom. The first-order valence-electron chi connectivity index (χ1n) is 7.21. The van der Waals surface area contributed by atoms with Crippen LogP contribution in [0.4, 0.5) is 17.1 Å². The molecule has 0 aromatic heterocycles. The van der Waals surface area contributed by atoms with E-state index in [2.05, 4.69) is 5.32 Å². The number of nitro benzene ring substituents is 2. The molecule has 1 N–H and O–H groups in total. The zero-order valence-electron chi connectivity index (χ0n) is 13.5. The summed E-state index contributed by atoms with van der Waals surface area (Å²) in [7, 11) is 1.34. The maximum atomic E-state index is 12.4. The number of nitro groups is 2. The Hall–Kier alpha value is -3.49. The number of carbonyl (C=O) groups excluding carboxylic acids is 1. The van der Waals surface area contributed by atoms with Gasteiger partial charge in [0.25, 0.3) is 11.4 Å². The van der Waals surface area contributed by atoms with Crippen molar-refractivity contribution in [3.63, 3.8) is 0 Å². The summed E-state index contributed by atoms with van der Waals surface area (Å²) in [5.74, 6) is -0.792. The van der Waals surface area contributed by atoms with Gasteiger partial charge in [0.1, 0.15) is 5.75 Å². The maximum absolute atomic E-state index is 12.4. The standard InChI is InChI=1S/C16H15N3O6/c1-10(11-3-5-12(6-4-11)18(21)22)16(20)17-14-8-7-13(19(23)24)9-15(14)25-2/h3-10H,1-2H3,(H,17,20)/t10-/m1/s1. The minimum atomic E-state index is -0.583.